The Kier molecular flexibility index (Phi) is 7.33. The number of hydrogen-bond acceptors (Lipinski definition) is 2. The molecule has 24 heavy (non-hydrogen) atoms. The second kappa shape index (κ2) is 9.75. The fourth-order valence-electron chi connectivity index (χ4n) is 2.46. The zero-order valence-electron chi connectivity index (χ0n) is 15.0. The molecule has 0 aliphatic heterocycles. The molecule has 0 amide bonds. The van der Waals surface area contributed by atoms with Gasteiger partial charge in [0.15, 0.2) is 5.96 Å². The van der Waals surface area contributed by atoms with Crippen LogP contribution >= 0.6 is 0 Å². The molecular formula is C19H29N5. The summed E-state index contributed by atoms with van der Waals surface area (Å²) in [6.07, 6.45) is 6.12. The van der Waals surface area contributed by atoms with Crippen LogP contribution in [0.1, 0.15) is 36.7 Å². The Balaban J connectivity index is 1.73. The van der Waals surface area contributed by atoms with Gasteiger partial charge in [-0.15, -0.1) is 0 Å². The summed E-state index contributed by atoms with van der Waals surface area (Å²) in [6, 6.07) is 8.53. The van der Waals surface area contributed by atoms with E-state index in [0.717, 1.165) is 44.3 Å². The zero-order valence-corrected chi connectivity index (χ0v) is 15.0. The van der Waals surface area contributed by atoms with Crippen molar-refractivity contribution >= 4 is 5.96 Å². The topological polar surface area (TPSA) is 54.2 Å². The SMILES string of the molecule is CCNC(=NCc1ccc(C)cc1)NCCCCn1ccnc1C. The summed E-state index contributed by atoms with van der Waals surface area (Å²) in [7, 11) is 0. The molecule has 130 valence electrons. The van der Waals surface area contributed by atoms with E-state index in [0.29, 0.717) is 6.54 Å². The molecule has 0 atom stereocenters. The molecule has 2 N–H and O–H groups in total. The van der Waals surface area contributed by atoms with E-state index in [1.54, 1.807) is 0 Å². The van der Waals surface area contributed by atoms with Crippen molar-refractivity contribution in [1.82, 2.24) is 20.2 Å². The summed E-state index contributed by atoms with van der Waals surface area (Å²) in [6.45, 7) is 9.74. The molecule has 0 spiro atoms. The van der Waals surface area contributed by atoms with Gasteiger partial charge in [-0.25, -0.2) is 9.98 Å². The molecule has 0 unspecified atom stereocenters. The average molecular weight is 327 g/mol. The third kappa shape index (κ3) is 6.07. The van der Waals surface area contributed by atoms with Crippen molar-refractivity contribution in [1.29, 1.82) is 0 Å². The van der Waals surface area contributed by atoms with Crippen molar-refractivity contribution in [2.24, 2.45) is 4.99 Å². The van der Waals surface area contributed by atoms with E-state index in [2.05, 4.69) is 63.3 Å². The summed E-state index contributed by atoms with van der Waals surface area (Å²) < 4.78 is 2.19. The van der Waals surface area contributed by atoms with Crippen molar-refractivity contribution in [2.45, 2.75) is 46.7 Å². The van der Waals surface area contributed by atoms with Gasteiger partial charge in [0, 0.05) is 32.0 Å². The van der Waals surface area contributed by atoms with Gasteiger partial charge in [0.2, 0.25) is 0 Å². The van der Waals surface area contributed by atoms with Crippen LogP contribution in [0.25, 0.3) is 0 Å². The molecule has 1 aromatic heterocycles. The highest BCUT2D eigenvalue weighted by Crippen LogP contribution is 2.04. The largest absolute Gasteiger partial charge is 0.357 e. The van der Waals surface area contributed by atoms with Crippen molar-refractivity contribution in [3.8, 4) is 0 Å². The molecule has 0 bridgehead atoms. The van der Waals surface area contributed by atoms with Gasteiger partial charge in [0.25, 0.3) is 0 Å². The second-order valence-electron chi connectivity index (χ2n) is 5.98. The van der Waals surface area contributed by atoms with Crippen LogP contribution in [0.3, 0.4) is 0 Å². The predicted octanol–water partition coefficient (Wildman–Crippen LogP) is 3.04. The number of unbranched alkanes of at least 4 members (excludes halogenated alkanes) is 1. The monoisotopic (exact) mass is 327 g/mol. The number of imidazole rings is 1. The predicted molar refractivity (Wildman–Crippen MR) is 100 cm³/mol. The number of aryl methyl sites for hydroxylation is 3. The third-order valence-corrected chi connectivity index (χ3v) is 3.93. The lowest BCUT2D eigenvalue weighted by Crippen LogP contribution is -2.37. The minimum atomic E-state index is 0.698. The van der Waals surface area contributed by atoms with Crippen molar-refractivity contribution in [3.63, 3.8) is 0 Å². The molecule has 1 aromatic carbocycles. The zero-order chi connectivity index (χ0) is 17.2. The maximum absolute atomic E-state index is 4.65. The summed E-state index contributed by atoms with van der Waals surface area (Å²) in [5, 5.41) is 6.71. The fourth-order valence-corrected chi connectivity index (χ4v) is 2.46. The van der Waals surface area contributed by atoms with Gasteiger partial charge in [-0.05, 0) is 39.2 Å². The van der Waals surface area contributed by atoms with Gasteiger partial charge < -0.3 is 15.2 Å². The Morgan fingerprint density at radius 3 is 2.58 bits per heavy atom. The number of nitrogens with one attached hydrogen (secondary N) is 2. The van der Waals surface area contributed by atoms with Crippen LogP contribution in [0.15, 0.2) is 41.7 Å². The van der Waals surface area contributed by atoms with Crippen molar-refractivity contribution in [2.75, 3.05) is 13.1 Å². The Morgan fingerprint density at radius 2 is 1.92 bits per heavy atom. The molecule has 5 heteroatoms. The molecule has 0 aliphatic rings. The number of aliphatic imine (C=N–C) groups is 1. The van der Waals surface area contributed by atoms with Gasteiger partial charge in [-0.2, -0.15) is 0 Å². The number of hydrogen-bond donors (Lipinski definition) is 2. The molecule has 0 radical (unpaired) electrons. The third-order valence-electron chi connectivity index (χ3n) is 3.93. The first-order valence-electron chi connectivity index (χ1n) is 8.74. The Bertz CT molecular complexity index is 627. The Labute approximate surface area is 145 Å². The summed E-state index contributed by atoms with van der Waals surface area (Å²) in [5.74, 6) is 1.97. The van der Waals surface area contributed by atoms with Gasteiger partial charge >= 0.3 is 0 Å². The minimum absolute atomic E-state index is 0.698. The van der Waals surface area contributed by atoms with Crippen molar-refractivity contribution < 1.29 is 0 Å². The summed E-state index contributed by atoms with van der Waals surface area (Å²) in [4.78, 5) is 8.90. The fraction of sp³-hybridized carbons (Fsp3) is 0.474. The number of nitrogens with zero attached hydrogens (tertiary/aromatic N) is 3. The van der Waals surface area contributed by atoms with Crippen LogP contribution in [-0.4, -0.2) is 28.6 Å². The van der Waals surface area contributed by atoms with Crippen LogP contribution in [0, 0.1) is 13.8 Å². The highest BCUT2D eigenvalue weighted by atomic mass is 15.2. The standard InChI is InChI=1S/C19H29N5/c1-4-20-19(23-15-18-9-7-16(2)8-10-18)22-11-5-6-13-24-14-12-21-17(24)3/h7-10,12,14H,4-6,11,13,15H2,1-3H3,(H2,20,22,23). The lowest BCUT2D eigenvalue weighted by atomic mass is 10.1. The lowest BCUT2D eigenvalue weighted by molar-refractivity contribution is 0.588. The number of rotatable bonds is 8. The first kappa shape index (κ1) is 18.0. The number of guanidine groups is 1. The maximum Gasteiger partial charge on any atom is 0.191 e. The van der Waals surface area contributed by atoms with E-state index >= 15 is 0 Å². The molecule has 0 saturated heterocycles. The number of aromatic nitrogens is 2. The minimum Gasteiger partial charge on any atom is -0.357 e. The van der Waals surface area contributed by atoms with Crippen LogP contribution in [-0.2, 0) is 13.1 Å². The van der Waals surface area contributed by atoms with Crippen LogP contribution in [0.5, 0.6) is 0 Å². The summed E-state index contributed by atoms with van der Waals surface area (Å²) >= 11 is 0. The molecule has 0 fully saturated rings. The second-order valence-corrected chi connectivity index (χ2v) is 5.98. The van der Waals surface area contributed by atoms with Gasteiger partial charge in [0.05, 0.1) is 6.54 Å². The van der Waals surface area contributed by atoms with E-state index in [1.165, 1.54) is 11.1 Å². The molecule has 2 aromatic rings. The van der Waals surface area contributed by atoms with E-state index in [4.69, 9.17) is 0 Å². The molecule has 0 aliphatic carbocycles. The van der Waals surface area contributed by atoms with Crippen molar-refractivity contribution in [3.05, 3.63) is 53.6 Å². The van der Waals surface area contributed by atoms with E-state index in [1.807, 2.05) is 19.3 Å². The van der Waals surface area contributed by atoms with Gasteiger partial charge in [-0.3, -0.25) is 0 Å². The van der Waals surface area contributed by atoms with Gasteiger partial charge in [-0.1, -0.05) is 29.8 Å². The van der Waals surface area contributed by atoms with E-state index in [-0.39, 0.29) is 0 Å². The summed E-state index contributed by atoms with van der Waals surface area (Å²) in [5.41, 5.74) is 2.51. The molecular weight excluding hydrogens is 298 g/mol. The maximum atomic E-state index is 4.65. The van der Waals surface area contributed by atoms with E-state index in [9.17, 15) is 0 Å². The molecule has 5 nitrogen and oxygen atoms in total. The van der Waals surface area contributed by atoms with Crippen LogP contribution < -0.4 is 10.6 Å². The normalized spacial score (nSPS) is 11.5. The molecule has 1 heterocycles. The first-order valence-corrected chi connectivity index (χ1v) is 8.74. The number of benzene rings is 1. The van der Waals surface area contributed by atoms with Gasteiger partial charge in [0.1, 0.15) is 5.82 Å². The van der Waals surface area contributed by atoms with Crippen LogP contribution in [0.4, 0.5) is 0 Å². The average Bonchev–Trinajstić information content (AvgIpc) is 2.99. The molecule has 0 saturated carbocycles. The quantitative estimate of drug-likeness (QED) is 0.445. The smallest absolute Gasteiger partial charge is 0.191 e. The first-order chi connectivity index (χ1) is 11.7. The van der Waals surface area contributed by atoms with E-state index < -0.39 is 0 Å². The highest BCUT2D eigenvalue weighted by molar-refractivity contribution is 5.79. The Morgan fingerprint density at radius 1 is 1.12 bits per heavy atom. The highest BCUT2D eigenvalue weighted by Gasteiger charge is 1.99. The van der Waals surface area contributed by atoms with Crippen LogP contribution in [0.2, 0.25) is 0 Å². The molecule has 2 rings (SSSR count). The Hall–Kier alpha value is -2.30. The lowest BCUT2D eigenvalue weighted by Gasteiger charge is -2.11.